The van der Waals surface area contributed by atoms with Gasteiger partial charge in [-0.05, 0) is 60.4 Å². The van der Waals surface area contributed by atoms with Gasteiger partial charge in [-0.3, -0.25) is 9.78 Å². The molecule has 0 bridgehead atoms. The summed E-state index contributed by atoms with van der Waals surface area (Å²) in [5, 5.41) is 3.61. The molecule has 0 radical (unpaired) electrons. The number of hydrogen-bond donors (Lipinski definition) is 1. The minimum Gasteiger partial charge on any atom is -0.373 e. The summed E-state index contributed by atoms with van der Waals surface area (Å²) in [5.41, 5.74) is 3.77. The van der Waals surface area contributed by atoms with Gasteiger partial charge in [0.25, 0.3) is 5.91 Å². The highest BCUT2D eigenvalue weighted by atomic mass is 35.5. The minimum absolute atomic E-state index is 0.167. The number of carbonyl (C=O) groups excluding carboxylic acids is 1. The van der Waals surface area contributed by atoms with Crippen LogP contribution in [0.25, 0.3) is 0 Å². The molecule has 0 spiro atoms. The Morgan fingerprint density at radius 2 is 1.71 bits per heavy atom. The molecule has 2 heterocycles. The van der Waals surface area contributed by atoms with Crippen molar-refractivity contribution in [3.8, 4) is 0 Å². The third-order valence-electron chi connectivity index (χ3n) is 4.52. The van der Waals surface area contributed by atoms with Gasteiger partial charge in [0.1, 0.15) is 5.69 Å². The largest absolute Gasteiger partial charge is 0.373 e. The van der Waals surface area contributed by atoms with Gasteiger partial charge in [0.2, 0.25) is 0 Å². The molecule has 0 aliphatic rings. The normalized spacial score (nSPS) is 10.5. The minimum atomic E-state index is -0.167. The molecule has 144 valence electrons. The Labute approximate surface area is 170 Å². The third kappa shape index (κ3) is 5.79. The van der Waals surface area contributed by atoms with E-state index < -0.39 is 0 Å². The highest BCUT2D eigenvalue weighted by molar-refractivity contribution is 6.30. The number of amides is 1. The number of benzene rings is 1. The molecule has 1 amide bonds. The van der Waals surface area contributed by atoms with E-state index in [2.05, 4.69) is 20.2 Å². The second kappa shape index (κ2) is 9.85. The van der Waals surface area contributed by atoms with Gasteiger partial charge in [0.05, 0.1) is 11.9 Å². The quantitative estimate of drug-likeness (QED) is 0.631. The number of anilines is 1. The number of hydrogen-bond acceptors (Lipinski definition) is 4. The summed E-state index contributed by atoms with van der Waals surface area (Å²) in [7, 11) is 2.02. The van der Waals surface area contributed by atoms with Gasteiger partial charge >= 0.3 is 0 Å². The number of pyridine rings is 2. The molecule has 0 saturated heterocycles. The SMILES string of the molecule is CN(CCc1ccncc1)c1ccc(C(=O)NCCc2ccc(Cl)cc2)nc1. The topological polar surface area (TPSA) is 58.1 Å². The van der Waals surface area contributed by atoms with Gasteiger partial charge in [-0.25, -0.2) is 4.98 Å². The third-order valence-corrected chi connectivity index (χ3v) is 4.77. The van der Waals surface area contributed by atoms with Gasteiger partial charge in [-0.1, -0.05) is 23.7 Å². The summed E-state index contributed by atoms with van der Waals surface area (Å²) in [4.78, 5) is 22.7. The summed E-state index contributed by atoms with van der Waals surface area (Å²) in [6, 6.07) is 15.3. The van der Waals surface area contributed by atoms with Crippen LogP contribution in [0.3, 0.4) is 0 Å². The van der Waals surface area contributed by atoms with Crippen molar-refractivity contribution in [3.05, 3.63) is 89.0 Å². The van der Waals surface area contributed by atoms with Gasteiger partial charge in [0, 0.05) is 37.6 Å². The molecule has 0 unspecified atom stereocenters. The lowest BCUT2D eigenvalue weighted by atomic mass is 10.1. The van der Waals surface area contributed by atoms with E-state index in [1.807, 2.05) is 49.5 Å². The second-order valence-corrected chi connectivity index (χ2v) is 7.00. The van der Waals surface area contributed by atoms with E-state index in [4.69, 9.17) is 11.6 Å². The molecule has 0 atom stereocenters. The second-order valence-electron chi connectivity index (χ2n) is 6.56. The van der Waals surface area contributed by atoms with Crippen LogP contribution in [0.2, 0.25) is 5.02 Å². The molecule has 0 aliphatic carbocycles. The Balaban J connectivity index is 1.47. The molecule has 3 aromatic rings. The maximum Gasteiger partial charge on any atom is 0.269 e. The molecular formula is C22H23ClN4O. The molecular weight excluding hydrogens is 372 g/mol. The molecule has 2 aromatic heterocycles. The first-order chi connectivity index (χ1) is 13.6. The first-order valence-electron chi connectivity index (χ1n) is 9.20. The van der Waals surface area contributed by atoms with Crippen molar-refractivity contribution >= 4 is 23.2 Å². The molecule has 0 fully saturated rings. The van der Waals surface area contributed by atoms with Crippen molar-refractivity contribution in [1.82, 2.24) is 15.3 Å². The number of halogens is 1. The molecule has 6 heteroatoms. The van der Waals surface area contributed by atoms with E-state index in [1.165, 1.54) is 5.56 Å². The Morgan fingerprint density at radius 1 is 1.00 bits per heavy atom. The average molecular weight is 395 g/mol. The van der Waals surface area contributed by atoms with Gasteiger partial charge in [-0.2, -0.15) is 0 Å². The Hall–Kier alpha value is -2.92. The summed E-state index contributed by atoms with van der Waals surface area (Å²) < 4.78 is 0. The van der Waals surface area contributed by atoms with Crippen LogP contribution >= 0.6 is 11.6 Å². The first kappa shape index (κ1) is 19.8. The number of nitrogens with zero attached hydrogens (tertiary/aromatic N) is 3. The van der Waals surface area contributed by atoms with E-state index in [1.54, 1.807) is 24.7 Å². The van der Waals surface area contributed by atoms with Crippen LogP contribution < -0.4 is 10.2 Å². The fourth-order valence-corrected chi connectivity index (χ4v) is 2.91. The molecule has 5 nitrogen and oxygen atoms in total. The molecule has 28 heavy (non-hydrogen) atoms. The predicted octanol–water partition coefficient (Wildman–Crippen LogP) is 3.78. The Morgan fingerprint density at radius 3 is 2.39 bits per heavy atom. The maximum atomic E-state index is 12.3. The zero-order valence-corrected chi connectivity index (χ0v) is 16.6. The number of likely N-dealkylation sites (N-methyl/N-ethyl adjacent to an activating group) is 1. The van der Waals surface area contributed by atoms with Crippen LogP contribution in [-0.4, -0.2) is 36.0 Å². The fraction of sp³-hybridized carbons (Fsp3) is 0.227. The van der Waals surface area contributed by atoms with Gasteiger partial charge in [-0.15, -0.1) is 0 Å². The van der Waals surface area contributed by atoms with Crippen molar-refractivity contribution in [2.75, 3.05) is 25.0 Å². The smallest absolute Gasteiger partial charge is 0.269 e. The van der Waals surface area contributed by atoms with Crippen LogP contribution in [0.15, 0.2) is 67.1 Å². The number of aromatic nitrogens is 2. The van der Waals surface area contributed by atoms with E-state index >= 15 is 0 Å². The van der Waals surface area contributed by atoms with Gasteiger partial charge in [0.15, 0.2) is 0 Å². The monoisotopic (exact) mass is 394 g/mol. The van der Waals surface area contributed by atoms with E-state index in [9.17, 15) is 4.79 Å². The Kier molecular flexibility index (Phi) is 6.98. The molecule has 1 N–H and O–H groups in total. The summed E-state index contributed by atoms with van der Waals surface area (Å²) in [6.45, 7) is 1.41. The van der Waals surface area contributed by atoms with Crippen LogP contribution in [0.5, 0.6) is 0 Å². The predicted molar refractivity (Wildman–Crippen MR) is 113 cm³/mol. The first-order valence-corrected chi connectivity index (χ1v) is 9.58. The van der Waals surface area contributed by atoms with Crippen molar-refractivity contribution in [3.63, 3.8) is 0 Å². The zero-order chi connectivity index (χ0) is 19.8. The summed E-state index contributed by atoms with van der Waals surface area (Å²) >= 11 is 5.88. The zero-order valence-electron chi connectivity index (χ0n) is 15.8. The van der Waals surface area contributed by atoms with E-state index in [0.29, 0.717) is 17.3 Å². The van der Waals surface area contributed by atoms with Gasteiger partial charge < -0.3 is 10.2 Å². The lowest BCUT2D eigenvalue weighted by molar-refractivity contribution is 0.0949. The van der Waals surface area contributed by atoms with Crippen LogP contribution in [0.4, 0.5) is 5.69 Å². The van der Waals surface area contributed by atoms with Crippen LogP contribution in [0.1, 0.15) is 21.6 Å². The number of carbonyl (C=O) groups is 1. The van der Waals surface area contributed by atoms with Crippen LogP contribution in [0, 0.1) is 0 Å². The molecule has 1 aromatic carbocycles. The Bertz CT molecular complexity index is 883. The highest BCUT2D eigenvalue weighted by Gasteiger charge is 2.08. The van der Waals surface area contributed by atoms with E-state index in [0.717, 1.165) is 30.6 Å². The standard InChI is InChI=1S/C22H23ClN4O/c1-27(15-11-18-8-12-24-13-9-18)20-6-7-21(26-16-20)22(28)25-14-10-17-2-4-19(23)5-3-17/h2-9,12-13,16H,10-11,14-15H2,1H3,(H,25,28). The number of nitrogens with one attached hydrogen (secondary N) is 1. The maximum absolute atomic E-state index is 12.3. The summed E-state index contributed by atoms with van der Waals surface area (Å²) in [6.07, 6.45) is 7.01. The highest BCUT2D eigenvalue weighted by Crippen LogP contribution is 2.13. The molecule has 0 aliphatic heterocycles. The summed E-state index contributed by atoms with van der Waals surface area (Å²) in [5.74, 6) is -0.167. The molecule has 3 rings (SSSR count). The van der Waals surface area contributed by atoms with E-state index in [-0.39, 0.29) is 5.91 Å². The van der Waals surface area contributed by atoms with Crippen molar-refractivity contribution in [2.45, 2.75) is 12.8 Å². The lowest BCUT2D eigenvalue weighted by Crippen LogP contribution is -2.27. The average Bonchev–Trinajstić information content (AvgIpc) is 2.74. The fourth-order valence-electron chi connectivity index (χ4n) is 2.78. The lowest BCUT2D eigenvalue weighted by Gasteiger charge is -2.19. The number of rotatable bonds is 8. The molecule has 0 saturated carbocycles. The van der Waals surface area contributed by atoms with Crippen LogP contribution in [-0.2, 0) is 12.8 Å². The van der Waals surface area contributed by atoms with Crippen molar-refractivity contribution in [1.29, 1.82) is 0 Å². The van der Waals surface area contributed by atoms with Crippen molar-refractivity contribution < 1.29 is 4.79 Å². The van der Waals surface area contributed by atoms with Crippen molar-refractivity contribution in [2.24, 2.45) is 0 Å².